The molecule has 0 radical (unpaired) electrons. The van der Waals surface area contributed by atoms with E-state index in [2.05, 4.69) is 24.1 Å². The summed E-state index contributed by atoms with van der Waals surface area (Å²) in [6.07, 6.45) is 2.23. The second-order valence-corrected chi connectivity index (χ2v) is 8.60. The summed E-state index contributed by atoms with van der Waals surface area (Å²) in [5.74, 6) is -0.0147. The fraction of sp³-hybridized carbons (Fsp3) is 0.636. The van der Waals surface area contributed by atoms with Crippen LogP contribution in [-0.2, 0) is 9.59 Å². The zero-order valence-corrected chi connectivity index (χ0v) is 18.8. The van der Waals surface area contributed by atoms with Crippen molar-refractivity contribution in [2.24, 2.45) is 0 Å². The number of hydrogen-bond acceptors (Lipinski definition) is 4. The van der Waals surface area contributed by atoms with E-state index in [4.69, 9.17) is 0 Å². The zero-order valence-electron chi connectivity index (χ0n) is 18.0. The van der Waals surface area contributed by atoms with E-state index in [-0.39, 0.29) is 29.0 Å². The Balaban J connectivity index is 2.00. The lowest BCUT2D eigenvalue weighted by Crippen LogP contribution is -2.49. The van der Waals surface area contributed by atoms with Gasteiger partial charge in [0, 0.05) is 18.2 Å². The highest BCUT2D eigenvalue weighted by Crippen LogP contribution is 2.42. The van der Waals surface area contributed by atoms with Gasteiger partial charge in [0.2, 0.25) is 11.8 Å². The second-order valence-electron chi connectivity index (χ2n) is 7.49. The summed E-state index contributed by atoms with van der Waals surface area (Å²) in [5, 5.41) is 2.76. The van der Waals surface area contributed by atoms with E-state index in [1.807, 2.05) is 13.0 Å². The minimum absolute atomic E-state index is 0.0508. The van der Waals surface area contributed by atoms with Crippen molar-refractivity contribution in [1.29, 1.82) is 0 Å². The summed E-state index contributed by atoms with van der Waals surface area (Å²) >= 11 is 1.52. The molecule has 1 aromatic carbocycles. The molecular weight excluding hydrogens is 389 g/mol. The molecule has 3 atom stereocenters. The fourth-order valence-electron chi connectivity index (χ4n) is 3.68. The third kappa shape index (κ3) is 6.44. The van der Waals surface area contributed by atoms with Crippen LogP contribution < -0.4 is 5.32 Å². The Bertz CT molecular complexity index is 684. The lowest BCUT2D eigenvalue weighted by molar-refractivity contribution is -0.139. The summed E-state index contributed by atoms with van der Waals surface area (Å²) in [6.45, 7) is 11.2. The van der Waals surface area contributed by atoms with Crippen molar-refractivity contribution in [3.63, 3.8) is 0 Å². The second kappa shape index (κ2) is 11.6. The van der Waals surface area contributed by atoms with Crippen LogP contribution in [0.2, 0.25) is 0 Å². The summed E-state index contributed by atoms with van der Waals surface area (Å²) in [4.78, 5) is 29.6. The third-order valence-corrected chi connectivity index (χ3v) is 6.75. The van der Waals surface area contributed by atoms with Gasteiger partial charge in [-0.05, 0) is 57.1 Å². The van der Waals surface area contributed by atoms with Gasteiger partial charge in [-0.3, -0.25) is 9.59 Å². The first-order valence-corrected chi connectivity index (χ1v) is 11.7. The Morgan fingerprint density at radius 2 is 2.03 bits per heavy atom. The normalized spacial score (nSPS) is 20.1. The van der Waals surface area contributed by atoms with Crippen LogP contribution in [0.4, 0.5) is 4.39 Å². The molecule has 7 heteroatoms. The molecule has 0 saturated carbocycles. The fourth-order valence-corrected chi connectivity index (χ4v) is 5.13. The van der Waals surface area contributed by atoms with E-state index in [0.29, 0.717) is 12.2 Å². The molecule has 1 aromatic rings. The molecule has 1 N–H and O–H groups in total. The van der Waals surface area contributed by atoms with Crippen molar-refractivity contribution in [3.05, 3.63) is 35.6 Å². The highest BCUT2D eigenvalue weighted by Gasteiger charge is 2.41. The maximum atomic E-state index is 13.7. The Kier molecular flexibility index (Phi) is 9.43. The summed E-state index contributed by atoms with van der Waals surface area (Å²) in [5.41, 5.74) is 0.722. The van der Waals surface area contributed by atoms with Crippen LogP contribution in [0.1, 0.15) is 57.9 Å². The predicted molar refractivity (Wildman–Crippen MR) is 117 cm³/mol. The third-order valence-electron chi connectivity index (χ3n) is 5.42. The molecule has 162 valence electrons. The van der Waals surface area contributed by atoms with Crippen LogP contribution in [0, 0.1) is 5.82 Å². The molecule has 1 heterocycles. The van der Waals surface area contributed by atoms with Gasteiger partial charge in [-0.25, -0.2) is 4.39 Å². The Morgan fingerprint density at radius 1 is 1.31 bits per heavy atom. The number of halogens is 1. The molecule has 1 aliphatic rings. The van der Waals surface area contributed by atoms with Gasteiger partial charge in [-0.1, -0.05) is 32.9 Å². The van der Waals surface area contributed by atoms with Crippen molar-refractivity contribution in [2.75, 3.05) is 25.4 Å². The van der Waals surface area contributed by atoms with Crippen molar-refractivity contribution >= 4 is 23.6 Å². The van der Waals surface area contributed by atoms with Crippen molar-refractivity contribution < 1.29 is 14.0 Å². The van der Waals surface area contributed by atoms with Gasteiger partial charge in [0.15, 0.2) is 0 Å². The lowest BCUT2D eigenvalue weighted by atomic mass is 10.1. The average Bonchev–Trinajstić information content (AvgIpc) is 3.16. The minimum Gasteiger partial charge on any atom is -0.352 e. The van der Waals surface area contributed by atoms with Gasteiger partial charge in [0.1, 0.15) is 17.2 Å². The zero-order chi connectivity index (χ0) is 21.4. The molecule has 1 saturated heterocycles. The highest BCUT2D eigenvalue weighted by molar-refractivity contribution is 7.99. The lowest BCUT2D eigenvalue weighted by Gasteiger charge is -2.29. The van der Waals surface area contributed by atoms with Crippen LogP contribution in [0.15, 0.2) is 24.3 Å². The maximum absolute atomic E-state index is 13.7. The van der Waals surface area contributed by atoms with Gasteiger partial charge in [0.05, 0.1) is 0 Å². The van der Waals surface area contributed by atoms with Gasteiger partial charge in [-0.15, -0.1) is 11.8 Å². The predicted octanol–water partition coefficient (Wildman–Crippen LogP) is 3.81. The quantitative estimate of drug-likeness (QED) is 0.622. The summed E-state index contributed by atoms with van der Waals surface area (Å²) in [6, 6.07) is 5.82. The Hall–Kier alpha value is -1.60. The van der Waals surface area contributed by atoms with Gasteiger partial charge < -0.3 is 15.1 Å². The van der Waals surface area contributed by atoms with Crippen LogP contribution in [0.25, 0.3) is 0 Å². The van der Waals surface area contributed by atoms with Crippen LogP contribution in [-0.4, -0.2) is 59.1 Å². The highest BCUT2D eigenvalue weighted by atomic mass is 32.2. The van der Waals surface area contributed by atoms with Crippen LogP contribution in [0.3, 0.4) is 0 Å². The molecule has 0 bridgehead atoms. The molecule has 29 heavy (non-hydrogen) atoms. The number of hydrogen-bond donors (Lipinski definition) is 1. The minimum atomic E-state index is -0.522. The van der Waals surface area contributed by atoms with Crippen molar-refractivity contribution in [2.45, 2.75) is 64.4 Å². The molecule has 5 nitrogen and oxygen atoms in total. The smallest absolute Gasteiger partial charge is 0.243 e. The average molecular weight is 424 g/mol. The number of benzene rings is 1. The number of nitrogens with zero attached hydrogens (tertiary/aromatic N) is 2. The number of carbonyl (C=O) groups is 2. The van der Waals surface area contributed by atoms with Gasteiger partial charge >= 0.3 is 0 Å². The van der Waals surface area contributed by atoms with Crippen LogP contribution >= 0.6 is 11.8 Å². The molecule has 0 aliphatic carbocycles. The van der Waals surface area contributed by atoms with Crippen LogP contribution in [0.5, 0.6) is 0 Å². The molecule has 1 aliphatic heterocycles. The molecule has 3 unspecified atom stereocenters. The molecule has 2 amide bonds. The molecule has 1 fully saturated rings. The van der Waals surface area contributed by atoms with E-state index in [9.17, 15) is 14.0 Å². The number of amides is 2. The SMILES string of the molecule is CCC(=O)N1C(C(=O)NC(C)CCCN(CC)CC)CSC1c1cccc(F)c1. The van der Waals surface area contributed by atoms with Crippen molar-refractivity contribution in [3.8, 4) is 0 Å². The Morgan fingerprint density at radius 3 is 2.66 bits per heavy atom. The molecule has 0 spiro atoms. The largest absolute Gasteiger partial charge is 0.352 e. The van der Waals surface area contributed by atoms with Crippen molar-refractivity contribution in [1.82, 2.24) is 15.1 Å². The topological polar surface area (TPSA) is 52.7 Å². The monoisotopic (exact) mass is 423 g/mol. The first kappa shape index (κ1) is 23.7. The number of thioether (sulfide) groups is 1. The maximum Gasteiger partial charge on any atom is 0.243 e. The van der Waals surface area contributed by atoms with E-state index in [0.717, 1.165) is 38.0 Å². The Labute approximate surface area is 178 Å². The summed E-state index contributed by atoms with van der Waals surface area (Å²) in [7, 11) is 0. The van der Waals surface area contributed by atoms with E-state index < -0.39 is 6.04 Å². The standard InChI is InChI=1S/C22H34FN3O2S/c1-5-20(27)26-19(15-29-22(26)17-11-8-12-18(23)14-17)21(28)24-16(4)10-9-13-25(6-2)7-3/h8,11-12,14,16,19,22H,5-7,9-10,13,15H2,1-4H3,(H,24,28). The van der Waals surface area contributed by atoms with E-state index >= 15 is 0 Å². The van der Waals surface area contributed by atoms with Gasteiger partial charge in [0.25, 0.3) is 0 Å². The first-order chi connectivity index (χ1) is 13.9. The number of nitrogens with one attached hydrogen (secondary N) is 1. The van der Waals surface area contributed by atoms with Gasteiger partial charge in [-0.2, -0.15) is 0 Å². The number of carbonyl (C=O) groups excluding carboxylic acids is 2. The first-order valence-electron chi connectivity index (χ1n) is 10.6. The molecule has 2 rings (SSSR count). The van der Waals surface area contributed by atoms with E-state index in [1.165, 1.54) is 23.9 Å². The molecular formula is C22H34FN3O2S. The number of rotatable bonds is 10. The summed E-state index contributed by atoms with van der Waals surface area (Å²) < 4.78 is 13.7. The van der Waals surface area contributed by atoms with E-state index in [1.54, 1.807) is 17.9 Å². The molecule has 0 aromatic heterocycles.